The summed E-state index contributed by atoms with van der Waals surface area (Å²) in [6, 6.07) is 9.41. The van der Waals surface area contributed by atoms with E-state index in [1.165, 1.54) is 30.8 Å². The van der Waals surface area contributed by atoms with Crippen molar-refractivity contribution in [2.75, 3.05) is 24.5 Å². The highest BCUT2D eigenvalue weighted by Gasteiger charge is 2.34. The van der Waals surface area contributed by atoms with Crippen molar-refractivity contribution in [1.29, 1.82) is 0 Å². The molecule has 1 N–H and O–H groups in total. The maximum atomic E-state index is 3.55. The van der Waals surface area contributed by atoms with Gasteiger partial charge in [0.1, 0.15) is 0 Å². The number of anilines is 1. The van der Waals surface area contributed by atoms with Gasteiger partial charge in [-0.2, -0.15) is 0 Å². The lowest BCUT2D eigenvalue weighted by Gasteiger charge is -2.47. The van der Waals surface area contributed by atoms with Gasteiger partial charge in [-0.3, -0.25) is 0 Å². The third-order valence-electron chi connectivity index (χ3n) is 3.67. The predicted octanol–water partition coefficient (Wildman–Crippen LogP) is 3.59. The lowest BCUT2D eigenvalue weighted by molar-refractivity contribution is 0.276. The Morgan fingerprint density at radius 1 is 1.33 bits per heavy atom. The smallest absolute Gasteiger partial charge is 0.0369 e. The number of nitrogens with zero attached hydrogens (tertiary/aromatic N) is 1. The fraction of sp³-hybridized carbons (Fsp3) is 0.625. The van der Waals surface area contributed by atoms with Crippen LogP contribution in [0, 0.1) is 5.41 Å². The van der Waals surface area contributed by atoms with Crippen LogP contribution in [0.4, 0.5) is 5.69 Å². The van der Waals surface area contributed by atoms with Gasteiger partial charge >= 0.3 is 0 Å². The fourth-order valence-electron chi connectivity index (χ4n) is 2.64. The molecule has 2 heteroatoms. The van der Waals surface area contributed by atoms with Crippen molar-refractivity contribution in [3.63, 3.8) is 0 Å². The van der Waals surface area contributed by atoms with Crippen LogP contribution in [0.1, 0.15) is 45.7 Å². The number of rotatable bonds is 5. The molecule has 0 amide bonds. The summed E-state index contributed by atoms with van der Waals surface area (Å²) < 4.78 is 0. The Labute approximate surface area is 111 Å². The molecule has 0 bridgehead atoms. The lowest BCUT2D eigenvalue weighted by atomic mass is 9.84. The zero-order chi connectivity index (χ0) is 13.2. The molecule has 18 heavy (non-hydrogen) atoms. The van der Waals surface area contributed by atoms with Gasteiger partial charge in [0, 0.05) is 24.8 Å². The van der Waals surface area contributed by atoms with E-state index in [1.54, 1.807) is 0 Å². The van der Waals surface area contributed by atoms with E-state index in [-0.39, 0.29) is 0 Å². The number of nitrogens with one attached hydrogen (secondary N) is 1. The minimum atomic E-state index is 0.444. The van der Waals surface area contributed by atoms with Crippen molar-refractivity contribution in [3.05, 3.63) is 29.8 Å². The first-order valence-corrected chi connectivity index (χ1v) is 7.10. The van der Waals surface area contributed by atoms with Crippen LogP contribution in [0.3, 0.4) is 0 Å². The Kier molecular flexibility index (Phi) is 3.96. The highest BCUT2D eigenvalue weighted by Crippen LogP contribution is 2.34. The van der Waals surface area contributed by atoms with E-state index in [2.05, 4.69) is 62.2 Å². The molecule has 1 atom stereocenters. The zero-order valence-corrected chi connectivity index (χ0v) is 12.2. The second-order valence-corrected chi connectivity index (χ2v) is 6.29. The lowest BCUT2D eigenvalue weighted by Crippen LogP contribution is -2.53. The average molecular weight is 246 g/mol. The molecule has 2 rings (SSSR count). The van der Waals surface area contributed by atoms with E-state index >= 15 is 0 Å². The van der Waals surface area contributed by atoms with Crippen LogP contribution in [-0.2, 0) is 0 Å². The summed E-state index contributed by atoms with van der Waals surface area (Å²) in [6.45, 7) is 12.5. The zero-order valence-electron chi connectivity index (χ0n) is 12.2. The molecule has 2 nitrogen and oxygen atoms in total. The first-order chi connectivity index (χ1) is 8.52. The molecule has 1 aliphatic heterocycles. The van der Waals surface area contributed by atoms with Gasteiger partial charge in [0.15, 0.2) is 0 Å². The highest BCUT2D eigenvalue weighted by atomic mass is 15.2. The standard InChI is InChI=1S/C16H26N2/c1-5-9-17-13(2)14-7-6-8-15(10-14)18-11-16(3,4)12-18/h6-8,10,13,17H,5,9,11-12H2,1-4H3. The molecule has 1 aromatic rings. The summed E-state index contributed by atoms with van der Waals surface area (Å²) in [7, 11) is 0. The molecule has 0 radical (unpaired) electrons. The first kappa shape index (κ1) is 13.4. The van der Waals surface area contributed by atoms with Crippen molar-refractivity contribution in [1.82, 2.24) is 5.32 Å². The van der Waals surface area contributed by atoms with Gasteiger partial charge in [-0.15, -0.1) is 0 Å². The van der Waals surface area contributed by atoms with Crippen molar-refractivity contribution in [2.24, 2.45) is 5.41 Å². The molecule has 1 heterocycles. The van der Waals surface area contributed by atoms with Crippen LogP contribution < -0.4 is 10.2 Å². The molecule has 1 aromatic carbocycles. The van der Waals surface area contributed by atoms with Gasteiger partial charge in [-0.25, -0.2) is 0 Å². The highest BCUT2D eigenvalue weighted by molar-refractivity contribution is 5.52. The molecule has 1 unspecified atom stereocenters. The molecule has 0 saturated carbocycles. The Hall–Kier alpha value is -1.02. The second-order valence-electron chi connectivity index (χ2n) is 6.29. The quantitative estimate of drug-likeness (QED) is 0.854. The molecule has 100 valence electrons. The Balaban J connectivity index is 2.02. The van der Waals surface area contributed by atoms with Gasteiger partial charge in [-0.1, -0.05) is 32.9 Å². The van der Waals surface area contributed by atoms with E-state index in [1.807, 2.05) is 0 Å². The molecular formula is C16H26N2. The first-order valence-electron chi connectivity index (χ1n) is 7.10. The predicted molar refractivity (Wildman–Crippen MR) is 79.1 cm³/mol. The van der Waals surface area contributed by atoms with Crippen molar-refractivity contribution < 1.29 is 0 Å². The summed E-state index contributed by atoms with van der Waals surface area (Å²) in [5.74, 6) is 0. The van der Waals surface area contributed by atoms with Crippen LogP contribution in [0.2, 0.25) is 0 Å². The average Bonchev–Trinajstić information content (AvgIpc) is 2.33. The van der Waals surface area contributed by atoms with Gasteiger partial charge in [0.25, 0.3) is 0 Å². The monoisotopic (exact) mass is 246 g/mol. The number of hydrogen-bond donors (Lipinski definition) is 1. The molecular weight excluding hydrogens is 220 g/mol. The Bertz CT molecular complexity index is 390. The number of benzene rings is 1. The molecule has 1 aliphatic rings. The summed E-state index contributed by atoms with van der Waals surface area (Å²) in [6.07, 6.45) is 1.18. The van der Waals surface area contributed by atoms with Crippen molar-refractivity contribution in [2.45, 2.75) is 40.2 Å². The van der Waals surface area contributed by atoms with Crippen LogP contribution >= 0.6 is 0 Å². The second kappa shape index (κ2) is 5.31. The minimum absolute atomic E-state index is 0.444. The number of hydrogen-bond acceptors (Lipinski definition) is 2. The molecule has 0 spiro atoms. The van der Waals surface area contributed by atoms with Crippen LogP contribution in [0.15, 0.2) is 24.3 Å². The van der Waals surface area contributed by atoms with Gasteiger partial charge in [0.2, 0.25) is 0 Å². The Morgan fingerprint density at radius 3 is 2.67 bits per heavy atom. The molecule has 1 saturated heterocycles. The fourth-order valence-corrected chi connectivity index (χ4v) is 2.64. The van der Waals surface area contributed by atoms with Crippen molar-refractivity contribution >= 4 is 5.69 Å². The molecule has 0 aliphatic carbocycles. The summed E-state index contributed by atoms with van der Waals surface area (Å²) in [4.78, 5) is 2.47. The third-order valence-corrected chi connectivity index (χ3v) is 3.67. The molecule has 1 fully saturated rings. The van der Waals surface area contributed by atoms with Gasteiger partial charge in [-0.05, 0) is 43.0 Å². The van der Waals surface area contributed by atoms with Crippen molar-refractivity contribution in [3.8, 4) is 0 Å². The van der Waals surface area contributed by atoms with E-state index in [0.29, 0.717) is 11.5 Å². The molecule has 0 aromatic heterocycles. The van der Waals surface area contributed by atoms with E-state index in [0.717, 1.165) is 6.54 Å². The largest absolute Gasteiger partial charge is 0.370 e. The maximum absolute atomic E-state index is 3.55. The van der Waals surface area contributed by atoms with Gasteiger partial charge < -0.3 is 10.2 Å². The van der Waals surface area contributed by atoms with Gasteiger partial charge in [0.05, 0.1) is 0 Å². The van der Waals surface area contributed by atoms with Crippen LogP contribution in [-0.4, -0.2) is 19.6 Å². The van der Waals surface area contributed by atoms with Crippen LogP contribution in [0.5, 0.6) is 0 Å². The summed E-state index contributed by atoms with van der Waals surface area (Å²) >= 11 is 0. The van der Waals surface area contributed by atoms with E-state index in [4.69, 9.17) is 0 Å². The summed E-state index contributed by atoms with van der Waals surface area (Å²) in [5.41, 5.74) is 3.25. The Morgan fingerprint density at radius 2 is 2.06 bits per heavy atom. The maximum Gasteiger partial charge on any atom is 0.0369 e. The SMILES string of the molecule is CCCNC(C)c1cccc(N2CC(C)(C)C2)c1. The minimum Gasteiger partial charge on any atom is -0.370 e. The topological polar surface area (TPSA) is 15.3 Å². The normalized spacial score (nSPS) is 19.4. The third kappa shape index (κ3) is 3.05. The van der Waals surface area contributed by atoms with E-state index in [9.17, 15) is 0 Å². The van der Waals surface area contributed by atoms with Crippen LogP contribution in [0.25, 0.3) is 0 Å². The summed E-state index contributed by atoms with van der Waals surface area (Å²) in [5, 5.41) is 3.55. The van der Waals surface area contributed by atoms with E-state index < -0.39 is 0 Å².